The van der Waals surface area contributed by atoms with Gasteiger partial charge in [0.05, 0.1) is 11.5 Å². The Labute approximate surface area is 79.4 Å². The number of para-hydroxylation sites is 2. The van der Waals surface area contributed by atoms with E-state index < -0.39 is 10.9 Å². The molecule has 0 saturated carbocycles. The number of ether oxygens (including phenoxy) is 1. The van der Waals surface area contributed by atoms with E-state index in [1.54, 1.807) is 0 Å². The molecule has 74 valence electrons. The number of hydrogen-bond acceptors (Lipinski definition) is 5. The van der Waals surface area contributed by atoms with Gasteiger partial charge in [-0.25, -0.2) is 0 Å². The van der Waals surface area contributed by atoms with Crippen molar-refractivity contribution in [3.63, 3.8) is 0 Å². The third kappa shape index (κ3) is 2.27. The smallest absolute Gasteiger partial charge is 0.325 e. The van der Waals surface area contributed by atoms with Gasteiger partial charge < -0.3 is 10.5 Å². The van der Waals surface area contributed by atoms with Crippen LogP contribution in [-0.2, 0) is 4.79 Å². The molecule has 0 aliphatic rings. The minimum Gasteiger partial charge on any atom is -0.418 e. The number of nitro benzene ring substituents is 1. The Kier molecular flexibility index (Phi) is 3.14. The van der Waals surface area contributed by atoms with E-state index in [1.165, 1.54) is 24.3 Å². The van der Waals surface area contributed by atoms with E-state index >= 15 is 0 Å². The highest BCUT2D eigenvalue weighted by atomic mass is 16.6. The number of esters is 1. The first-order valence-corrected chi connectivity index (χ1v) is 3.79. The lowest BCUT2D eigenvalue weighted by molar-refractivity contribution is -0.385. The number of rotatable bonds is 3. The van der Waals surface area contributed by atoms with E-state index in [-0.39, 0.29) is 18.0 Å². The van der Waals surface area contributed by atoms with Crippen molar-refractivity contribution < 1.29 is 14.5 Å². The molecule has 0 atom stereocenters. The van der Waals surface area contributed by atoms with Crippen molar-refractivity contribution in [3.8, 4) is 5.75 Å². The largest absolute Gasteiger partial charge is 0.418 e. The highest BCUT2D eigenvalue weighted by Gasteiger charge is 2.15. The van der Waals surface area contributed by atoms with E-state index in [1.807, 2.05) is 0 Å². The van der Waals surface area contributed by atoms with Crippen molar-refractivity contribution in [1.29, 1.82) is 0 Å². The maximum absolute atomic E-state index is 10.8. The van der Waals surface area contributed by atoms with E-state index in [0.717, 1.165) is 0 Å². The van der Waals surface area contributed by atoms with Gasteiger partial charge >= 0.3 is 11.7 Å². The van der Waals surface area contributed by atoms with Gasteiger partial charge in [-0.3, -0.25) is 14.9 Å². The van der Waals surface area contributed by atoms with Crippen molar-refractivity contribution in [2.45, 2.75) is 0 Å². The molecule has 1 aromatic rings. The minimum absolute atomic E-state index is 0.0899. The Morgan fingerprint density at radius 1 is 1.50 bits per heavy atom. The Bertz CT molecular complexity index is 364. The second kappa shape index (κ2) is 4.33. The van der Waals surface area contributed by atoms with Crippen LogP contribution in [0.1, 0.15) is 0 Å². The molecular formula is C8H8N2O4. The SMILES string of the molecule is NCC(=O)Oc1ccccc1[N+](=O)[O-]. The van der Waals surface area contributed by atoms with E-state index in [0.29, 0.717) is 0 Å². The number of nitrogens with zero attached hydrogens (tertiary/aromatic N) is 1. The average molecular weight is 196 g/mol. The van der Waals surface area contributed by atoms with Crippen LogP contribution in [0.4, 0.5) is 5.69 Å². The predicted octanol–water partition coefficient (Wildman–Crippen LogP) is 0.459. The molecule has 0 saturated heterocycles. The maximum Gasteiger partial charge on any atom is 0.325 e. The van der Waals surface area contributed by atoms with Gasteiger partial charge in [0.2, 0.25) is 5.75 Å². The summed E-state index contributed by atoms with van der Waals surface area (Å²) in [5, 5.41) is 10.5. The topological polar surface area (TPSA) is 95.5 Å². The normalized spacial score (nSPS) is 9.50. The summed E-state index contributed by atoms with van der Waals surface area (Å²) in [7, 11) is 0. The zero-order chi connectivity index (χ0) is 10.6. The molecule has 6 heteroatoms. The Morgan fingerprint density at radius 3 is 2.71 bits per heavy atom. The van der Waals surface area contributed by atoms with Crippen LogP contribution in [-0.4, -0.2) is 17.4 Å². The van der Waals surface area contributed by atoms with Crippen LogP contribution in [0.5, 0.6) is 5.75 Å². The molecule has 14 heavy (non-hydrogen) atoms. The van der Waals surface area contributed by atoms with E-state index in [4.69, 9.17) is 5.73 Å². The van der Waals surface area contributed by atoms with E-state index in [9.17, 15) is 14.9 Å². The fraction of sp³-hybridized carbons (Fsp3) is 0.125. The summed E-state index contributed by atoms with van der Waals surface area (Å²) in [6.45, 7) is -0.313. The second-order valence-corrected chi connectivity index (χ2v) is 2.40. The van der Waals surface area contributed by atoms with Crippen molar-refractivity contribution in [2.24, 2.45) is 5.73 Å². The fourth-order valence-corrected chi connectivity index (χ4v) is 0.859. The molecule has 0 fully saturated rings. The highest BCUT2D eigenvalue weighted by Crippen LogP contribution is 2.25. The zero-order valence-corrected chi connectivity index (χ0v) is 7.17. The molecule has 2 N–H and O–H groups in total. The molecular weight excluding hydrogens is 188 g/mol. The molecule has 6 nitrogen and oxygen atoms in total. The molecule has 0 amide bonds. The van der Waals surface area contributed by atoms with Gasteiger partial charge in [-0.05, 0) is 6.07 Å². The highest BCUT2D eigenvalue weighted by molar-refractivity contribution is 5.75. The lowest BCUT2D eigenvalue weighted by Gasteiger charge is -2.02. The van der Waals surface area contributed by atoms with E-state index in [2.05, 4.69) is 4.74 Å². The molecule has 1 rings (SSSR count). The molecule has 0 unspecified atom stereocenters. The van der Waals surface area contributed by atoms with Gasteiger partial charge in [0.25, 0.3) is 0 Å². The molecule has 0 aliphatic heterocycles. The maximum atomic E-state index is 10.8. The minimum atomic E-state index is -0.709. The van der Waals surface area contributed by atoms with Crippen LogP contribution < -0.4 is 10.5 Å². The van der Waals surface area contributed by atoms with Gasteiger partial charge in [-0.15, -0.1) is 0 Å². The molecule has 0 radical (unpaired) electrons. The van der Waals surface area contributed by atoms with Crippen LogP contribution in [0.2, 0.25) is 0 Å². The summed E-state index contributed by atoms with van der Waals surface area (Å²) in [6, 6.07) is 5.61. The number of nitro groups is 1. The first-order chi connectivity index (χ1) is 6.65. The monoisotopic (exact) mass is 196 g/mol. The lowest BCUT2D eigenvalue weighted by atomic mass is 10.3. The molecule has 0 aliphatic carbocycles. The molecule has 1 aromatic carbocycles. The first kappa shape index (κ1) is 10.1. The summed E-state index contributed by atoms with van der Waals surface area (Å²) in [6.07, 6.45) is 0. The molecule has 0 spiro atoms. The van der Waals surface area contributed by atoms with Gasteiger partial charge in [0, 0.05) is 6.07 Å². The van der Waals surface area contributed by atoms with Crippen molar-refractivity contribution in [1.82, 2.24) is 0 Å². The lowest BCUT2D eigenvalue weighted by Crippen LogP contribution is -2.19. The van der Waals surface area contributed by atoms with Gasteiger partial charge in [-0.1, -0.05) is 12.1 Å². The molecule has 0 heterocycles. The number of hydrogen-bond donors (Lipinski definition) is 1. The first-order valence-electron chi connectivity index (χ1n) is 3.79. The second-order valence-electron chi connectivity index (χ2n) is 2.40. The van der Waals surface area contributed by atoms with Crippen LogP contribution in [0.15, 0.2) is 24.3 Å². The third-order valence-corrected chi connectivity index (χ3v) is 1.45. The molecule has 0 aromatic heterocycles. The van der Waals surface area contributed by atoms with Crippen LogP contribution >= 0.6 is 0 Å². The number of carbonyl (C=O) groups excluding carboxylic acids is 1. The van der Waals surface area contributed by atoms with Crippen LogP contribution in [0.3, 0.4) is 0 Å². The third-order valence-electron chi connectivity index (χ3n) is 1.45. The summed E-state index contributed by atoms with van der Waals surface area (Å²) in [4.78, 5) is 20.6. The van der Waals surface area contributed by atoms with Gasteiger partial charge in [0.15, 0.2) is 0 Å². The summed E-state index contributed by atoms with van der Waals surface area (Å²) >= 11 is 0. The number of carbonyl (C=O) groups is 1. The fourth-order valence-electron chi connectivity index (χ4n) is 0.859. The Balaban J connectivity index is 2.95. The number of benzene rings is 1. The van der Waals surface area contributed by atoms with Gasteiger partial charge in [-0.2, -0.15) is 0 Å². The standard InChI is InChI=1S/C8H8N2O4/c9-5-8(11)14-7-4-2-1-3-6(7)10(12)13/h1-4H,5,9H2. The Morgan fingerprint density at radius 2 is 2.14 bits per heavy atom. The van der Waals surface area contributed by atoms with Crippen LogP contribution in [0.25, 0.3) is 0 Å². The van der Waals surface area contributed by atoms with Crippen molar-refractivity contribution in [3.05, 3.63) is 34.4 Å². The molecule has 0 bridgehead atoms. The van der Waals surface area contributed by atoms with Crippen molar-refractivity contribution in [2.75, 3.05) is 6.54 Å². The van der Waals surface area contributed by atoms with Crippen LogP contribution in [0, 0.1) is 10.1 Å². The summed E-state index contributed by atoms with van der Waals surface area (Å²) < 4.78 is 4.65. The predicted molar refractivity (Wildman–Crippen MR) is 47.8 cm³/mol. The summed E-state index contributed by atoms with van der Waals surface area (Å²) in [5.74, 6) is -0.799. The average Bonchev–Trinajstić information content (AvgIpc) is 2.18. The number of nitrogens with two attached hydrogens (primary N) is 1. The zero-order valence-electron chi connectivity index (χ0n) is 7.17. The van der Waals surface area contributed by atoms with Crippen molar-refractivity contribution >= 4 is 11.7 Å². The quantitative estimate of drug-likeness (QED) is 0.328. The van der Waals surface area contributed by atoms with Gasteiger partial charge in [0.1, 0.15) is 0 Å². The summed E-state index contributed by atoms with van der Waals surface area (Å²) in [5.41, 5.74) is 4.75. The Hall–Kier alpha value is -1.95.